The summed E-state index contributed by atoms with van der Waals surface area (Å²) in [7, 11) is 0. The molecule has 0 aliphatic heterocycles. The van der Waals surface area contributed by atoms with Crippen LogP contribution in [0.5, 0.6) is 0 Å². The maximum atomic E-state index is 8.11. The van der Waals surface area contributed by atoms with Gasteiger partial charge in [-0.05, 0) is 37.1 Å². The molecule has 0 amide bonds. The normalized spacial score (nSPS) is 11.3. The van der Waals surface area contributed by atoms with Gasteiger partial charge in [-0.3, -0.25) is 4.98 Å². The fraction of sp³-hybridized carbons (Fsp3) is 0.250. The van der Waals surface area contributed by atoms with Gasteiger partial charge in [-0.15, -0.1) is 10.2 Å². The van der Waals surface area contributed by atoms with Crippen molar-refractivity contribution in [3.8, 4) is 0 Å². The van der Waals surface area contributed by atoms with Crippen molar-refractivity contribution in [2.24, 2.45) is 10.2 Å². The Morgan fingerprint density at radius 1 is 1.11 bits per heavy atom. The molecule has 0 radical (unpaired) electrons. The van der Waals surface area contributed by atoms with Gasteiger partial charge < -0.3 is 11.1 Å². The summed E-state index contributed by atoms with van der Waals surface area (Å²) in [5, 5.41) is 18.5. The SMILES string of the molecule is CCCCCC(=N)c1ccc(N=Nc2c(N)ncc3ccc(Br)cc23)cn1. The molecule has 2 aromatic heterocycles. The number of fused-ring (bicyclic) bond motifs is 1. The van der Waals surface area contributed by atoms with Crippen molar-refractivity contribution in [2.75, 3.05) is 5.73 Å². The van der Waals surface area contributed by atoms with E-state index in [1.54, 1.807) is 12.4 Å². The second-order valence-electron chi connectivity index (χ2n) is 6.26. The van der Waals surface area contributed by atoms with Crippen LogP contribution in [0.25, 0.3) is 10.8 Å². The van der Waals surface area contributed by atoms with Crippen molar-refractivity contribution in [3.63, 3.8) is 0 Å². The largest absolute Gasteiger partial charge is 0.382 e. The number of nitrogen functional groups attached to an aromatic ring is 1. The first-order valence-corrected chi connectivity index (χ1v) is 9.67. The first kappa shape index (κ1) is 19.1. The molecular weight excluding hydrogens is 404 g/mol. The molecule has 3 aromatic rings. The van der Waals surface area contributed by atoms with Crippen LogP contribution in [0.1, 0.15) is 38.3 Å². The number of benzene rings is 1. The van der Waals surface area contributed by atoms with Gasteiger partial charge in [0.05, 0.1) is 17.6 Å². The number of halogens is 1. The molecule has 0 aliphatic rings. The number of hydrogen-bond donors (Lipinski definition) is 2. The summed E-state index contributed by atoms with van der Waals surface area (Å²) < 4.78 is 0.935. The van der Waals surface area contributed by atoms with E-state index < -0.39 is 0 Å². The van der Waals surface area contributed by atoms with Gasteiger partial charge in [-0.1, -0.05) is 41.8 Å². The molecule has 0 bridgehead atoms. The van der Waals surface area contributed by atoms with Gasteiger partial charge in [0.1, 0.15) is 11.4 Å². The summed E-state index contributed by atoms with van der Waals surface area (Å²) >= 11 is 3.47. The number of pyridine rings is 2. The number of nitrogens with two attached hydrogens (primary N) is 1. The molecule has 6 nitrogen and oxygen atoms in total. The lowest BCUT2D eigenvalue weighted by Gasteiger charge is -2.05. The molecule has 27 heavy (non-hydrogen) atoms. The molecule has 0 aliphatic carbocycles. The van der Waals surface area contributed by atoms with Gasteiger partial charge >= 0.3 is 0 Å². The highest BCUT2D eigenvalue weighted by molar-refractivity contribution is 9.10. The zero-order valence-corrected chi connectivity index (χ0v) is 16.7. The maximum Gasteiger partial charge on any atom is 0.151 e. The molecule has 0 unspecified atom stereocenters. The molecule has 0 atom stereocenters. The Kier molecular flexibility index (Phi) is 6.24. The van der Waals surface area contributed by atoms with Gasteiger partial charge in [-0.25, -0.2) is 4.98 Å². The van der Waals surface area contributed by atoms with Gasteiger partial charge in [-0.2, -0.15) is 0 Å². The number of rotatable bonds is 7. The zero-order chi connectivity index (χ0) is 19.2. The van der Waals surface area contributed by atoms with Crippen LogP contribution < -0.4 is 5.73 Å². The molecule has 138 valence electrons. The van der Waals surface area contributed by atoms with E-state index >= 15 is 0 Å². The van der Waals surface area contributed by atoms with Crippen LogP contribution in [0.2, 0.25) is 0 Å². The molecule has 0 saturated heterocycles. The van der Waals surface area contributed by atoms with Crippen molar-refractivity contribution in [1.29, 1.82) is 5.41 Å². The van der Waals surface area contributed by atoms with Crippen LogP contribution in [-0.2, 0) is 0 Å². The van der Waals surface area contributed by atoms with Crippen LogP contribution >= 0.6 is 15.9 Å². The third-order valence-corrected chi connectivity index (χ3v) is 4.70. The zero-order valence-electron chi connectivity index (χ0n) is 15.1. The number of anilines is 1. The highest BCUT2D eigenvalue weighted by Gasteiger charge is 2.08. The maximum absolute atomic E-state index is 8.11. The van der Waals surface area contributed by atoms with Crippen LogP contribution in [0.4, 0.5) is 17.2 Å². The number of unbranched alkanes of at least 4 members (excludes halogenated alkanes) is 2. The standard InChI is InChI=1S/C20H21BrN6/c1-2-3-4-5-17(22)18-9-8-15(12-24-18)26-27-19-16-10-14(21)7-6-13(16)11-25-20(19)23/h6-12,22H,2-5H2,1H3,(H2,23,25). The molecule has 7 heteroatoms. The molecule has 3 rings (SSSR count). The fourth-order valence-electron chi connectivity index (χ4n) is 2.70. The third-order valence-electron chi connectivity index (χ3n) is 4.21. The van der Waals surface area contributed by atoms with Gasteiger partial charge in [0, 0.05) is 21.4 Å². The lowest BCUT2D eigenvalue weighted by atomic mass is 10.1. The van der Waals surface area contributed by atoms with Crippen molar-refractivity contribution < 1.29 is 0 Å². The Morgan fingerprint density at radius 2 is 1.96 bits per heavy atom. The molecular formula is C20H21BrN6. The van der Waals surface area contributed by atoms with Crippen LogP contribution in [-0.4, -0.2) is 15.7 Å². The minimum Gasteiger partial charge on any atom is -0.382 e. The average molecular weight is 425 g/mol. The van der Waals surface area contributed by atoms with Gasteiger partial charge in [0.25, 0.3) is 0 Å². The van der Waals surface area contributed by atoms with Crippen LogP contribution in [0, 0.1) is 5.41 Å². The summed E-state index contributed by atoms with van der Waals surface area (Å²) in [6.45, 7) is 2.15. The minimum absolute atomic E-state index is 0.326. The van der Waals surface area contributed by atoms with Crippen molar-refractivity contribution in [2.45, 2.75) is 32.6 Å². The first-order valence-electron chi connectivity index (χ1n) is 8.88. The second-order valence-corrected chi connectivity index (χ2v) is 7.18. The Hall–Kier alpha value is -2.67. The monoisotopic (exact) mass is 424 g/mol. The average Bonchev–Trinajstić information content (AvgIpc) is 2.67. The number of azo groups is 1. The van der Waals surface area contributed by atoms with Crippen molar-refractivity contribution in [3.05, 3.63) is 52.9 Å². The molecule has 0 fully saturated rings. The van der Waals surface area contributed by atoms with Gasteiger partial charge in [0.15, 0.2) is 5.82 Å². The topological polar surface area (TPSA) is 100 Å². The molecule has 3 N–H and O–H groups in total. The van der Waals surface area contributed by atoms with Gasteiger partial charge in [0.2, 0.25) is 0 Å². The fourth-order valence-corrected chi connectivity index (χ4v) is 3.06. The molecule has 0 spiro atoms. The minimum atomic E-state index is 0.326. The number of nitrogens with one attached hydrogen (secondary N) is 1. The van der Waals surface area contributed by atoms with E-state index in [1.807, 2.05) is 30.3 Å². The Bertz CT molecular complexity index is 976. The highest BCUT2D eigenvalue weighted by Crippen LogP contribution is 2.33. The number of nitrogens with zero attached hydrogens (tertiary/aromatic N) is 4. The summed E-state index contributed by atoms with van der Waals surface area (Å²) in [6, 6.07) is 9.46. The van der Waals surface area contributed by atoms with E-state index in [4.69, 9.17) is 11.1 Å². The van der Waals surface area contributed by atoms with Crippen molar-refractivity contribution >= 4 is 49.6 Å². The predicted octanol–water partition coefficient (Wildman–Crippen LogP) is 6.34. The smallest absolute Gasteiger partial charge is 0.151 e. The summed E-state index contributed by atoms with van der Waals surface area (Å²) in [6.07, 6.45) is 7.37. The molecule has 1 aromatic carbocycles. The quantitative estimate of drug-likeness (QED) is 0.262. The first-order chi connectivity index (χ1) is 13.1. The van der Waals surface area contributed by atoms with Crippen LogP contribution in [0.15, 0.2) is 57.4 Å². The molecule has 2 heterocycles. The molecule has 0 saturated carbocycles. The van der Waals surface area contributed by atoms with Crippen molar-refractivity contribution in [1.82, 2.24) is 9.97 Å². The number of aromatic nitrogens is 2. The Labute approximate surface area is 166 Å². The van der Waals surface area contributed by atoms with E-state index in [1.165, 1.54) is 0 Å². The predicted molar refractivity (Wildman–Crippen MR) is 113 cm³/mol. The summed E-state index contributed by atoms with van der Waals surface area (Å²) in [5.41, 5.74) is 8.37. The second kappa shape index (κ2) is 8.81. The van der Waals surface area contributed by atoms with E-state index in [0.29, 0.717) is 28.6 Å². The van der Waals surface area contributed by atoms with E-state index in [-0.39, 0.29) is 0 Å². The third kappa shape index (κ3) is 4.74. The highest BCUT2D eigenvalue weighted by atomic mass is 79.9. The Balaban J connectivity index is 1.80. The van der Waals surface area contributed by atoms with E-state index in [2.05, 4.69) is 43.1 Å². The lowest BCUT2D eigenvalue weighted by Crippen LogP contribution is -2.01. The van der Waals surface area contributed by atoms with E-state index in [0.717, 1.165) is 40.9 Å². The van der Waals surface area contributed by atoms with E-state index in [9.17, 15) is 0 Å². The summed E-state index contributed by atoms with van der Waals surface area (Å²) in [4.78, 5) is 8.52. The summed E-state index contributed by atoms with van der Waals surface area (Å²) in [5.74, 6) is 0.326. The number of hydrogen-bond acceptors (Lipinski definition) is 6. The lowest BCUT2D eigenvalue weighted by molar-refractivity contribution is 0.740. The Morgan fingerprint density at radius 3 is 2.70 bits per heavy atom. The van der Waals surface area contributed by atoms with Crippen LogP contribution in [0.3, 0.4) is 0 Å².